The zero-order valence-electron chi connectivity index (χ0n) is 7.17. The molecule has 0 aliphatic heterocycles. The molecule has 0 saturated carbocycles. The number of hydrogen-bond donors (Lipinski definition) is 2. The molecule has 1 atom stereocenters. The molecular weight excluding hydrogens is 236 g/mol. The van der Waals surface area contributed by atoms with Gasteiger partial charge >= 0.3 is 0 Å². The van der Waals surface area contributed by atoms with E-state index in [1.54, 1.807) is 11.3 Å². The molecule has 0 aromatic carbocycles. The Bertz CT molecular complexity index is 247. The first-order valence-corrected chi connectivity index (χ1v) is 5.47. The smallest absolute Gasteiger partial charge is 0.0702 e. The van der Waals surface area contributed by atoms with E-state index >= 15 is 0 Å². The molecule has 3 N–H and O–H groups in total. The molecule has 0 aliphatic carbocycles. The van der Waals surface area contributed by atoms with Crippen LogP contribution in [-0.4, -0.2) is 0 Å². The van der Waals surface area contributed by atoms with Gasteiger partial charge in [0.2, 0.25) is 0 Å². The molecule has 1 rings (SSSR count). The van der Waals surface area contributed by atoms with Crippen LogP contribution in [-0.2, 0) is 0 Å². The second-order valence-electron chi connectivity index (χ2n) is 3.03. The zero-order valence-corrected chi connectivity index (χ0v) is 9.58. The number of hydrazine groups is 1. The quantitative estimate of drug-likeness (QED) is 0.638. The van der Waals surface area contributed by atoms with E-state index in [9.17, 15) is 0 Å². The maximum absolute atomic E-state index is 5.46. The molecule has 12 heavy (non-hydrogen) atoms. The number of thiophene rings is 1. The second-order valence-corrected chi connectivity index (χ2v) is 5.52. The van der Waals surface area contributed by atoms with Gasteiger partial charge in [-0.15, -0.1) is 11.3 Å². The molecule has 68 valence electrons. The van der Waals surface area contributed by atoms with E-state index in [0.717, 1.165) is 3.79 Å². The minimum atomic E-state index is 0.265. The number of nitrogens with one attached hydrogen (secondary N) is 1. The Morgan fingerprint density at radius 3 is 2.50 bits per heavy atom. The van der Waals surface area contributed by atoms with Crippen molar-refractivity contribution in [2.75, 3.05) is 0 Å². The summed E-state index contributed by atoms with van der Waals surface area (Å²) < 4.78 is 1.15. The summed E-state index contributed by atoms with van der Waals surface area (Å²) >= 11 is 5.15. The monoisotopic (exact) mass is 248 g/mol. The number of hydrogen-bond acceptors (Lipinski definition) is 3. The van der Waals surface area contributed by atoms with Crippen molar-refractivity contribution < 1.29 is 0 Å². The average molecular weight is 249 g/mol. The van der Waals surface area contributed by atoms with Crippen LogP contribution in [0.15, 0.2) is 15.9 Å². The molecule has 0 aliphatic rings. The van der Waals surface area contributed by atoms with E-state index in [1.807, 2.05) is 6.07 Å². The Balaban J connectivity index is 2.80. The van der Waals surface area contributed by atoms with Gasteiger partial charge in [-0.05, 0) is 34.0 Å². The van der Waals surface area contributed by atoms with Gasteiger partial charge in [0.1, 0.15) is 0 Å². The summed E-state index contributed by atoms with van der Waals surface area (Å²) in [5.41, 5.74) is 2.82. The van der Waals surface area contributed by atoms with Gasteiger partial charge in [0, 0.05) is 4.88 Å². The van der Waals surface area contributed by atoms with Gasteiger partial charge in [0.25, 0.3) is 0 Å². The van der Waals surface area contributed by atoms with Gasteiger partial charge in [0.05, 0.1) is 9.83 Å². The fourth-order valence-corrected chi connectivity index (χ4v) is 2.76. The molecule has 1 unspecified atom stereocenters. The van der Waals surface area contributed by atoms with Crippen LogP contribution >= 0.6 is 27.3 Å². The molecule has 1 heterocycles. The Morgan fingerprint density at radius 2 is 2.17 bits per heavy atom. The van der Waals surface area contributed by atoms with Crippen molar-refractivity contribution in [3.63, 3.8) is 0 Å². The number of halogens is 1. The highest BCUT2D eigenvalue weighted by atomic mass is 79.9. The van der Waals surface area contributed by atoms with E-state index in [4.69, 9.17) is 5.84 Å². The van der Waals surface area contributed by atoms with Crippen molar-refractivity contribution in [3.05, 3.63) is 20.8 Å². The molecule has 1 aromatic heterocycles. The van der Waals surface area contributed by atoms with E-state index in [-0.39, 0.29) is 6.04 Å². The Morgan fingerprint density at radius 1 is 1.50 bits per heavy atom. The first-order valence-electron chi connectivity index (χ1n) is 3.86. The van der Waals surface area contributed by atoms with Gasteiger partial charge in [-0.25, -0.2) is 0 Å². The summed E-state index contributed by atoms with van der Waals surface area (Å²) in [5.74, 6) is 5.97. The highest BCUT2D eigenvalue weighted by Gasteiger charge is 2.15. The Hall–Kier alpha value is 0.1000. The molecule has 0 spiro atoms. The largest absolute Gasteiger partial charge is 0.271 e. The van der Waals surface area contributed by atoms with Gasteiger partial charge in [-0.3, -0.25) is 11.3 Å². The van der Waals surface area contributed by atoms with E-state index in [2.05, 4.69) is 41.3 Å². The number of rotatable bonds is 3. The lowest BCUT2D eigenvalue weighted by Gasteiger charge is -2.17. The summed E-state index contributed by atoms with van der Waals surface area (Å²) in [4.78, 5) is 1.28. The minimum Gasteiger partial charge on any atom is -0.271 e. The third kappa shape index (κ3) is 2.29. The molecule has 0 saturated heterocycles. The van der Waals surface area contributed by atoms with Gasteiger partial charge in [-0.2, -0.15) is 0 Å². The van der Waals surface area contributed by atoms with Gasteiger partial charge in [0.15, 0.2) is 0 Å². The maximum atomic E-state index is 5.46. The Kier molecular flexibility index (Phi) is 3.71. The van der Waals surface area contributed by atoms with E-state index in [1.165, 1.54) is 4.88 Å². The van der Waals surface area contributed by atoms with Crippen LogP contribution in [0.3, 0.4) is 0 Å². The normalized spacial score (nSPS) is 13.8. The predicted octanol–water partition coefficient (Wildman–Crippen LogP) is 2.67. The lowest BCUT2D eigenvalue weighted by molar-refractivity contribution is 0.427. The summed E-state index contributed by atoms with van der Waals surface area (Å²) in [6, 6.07) is 4.41. The zero-order chi connectivity index (χ0) is 9.14. The molecule has 0 bridgehead atoms. The van der Waals surface area contributed by atoms with Crippen LogP contribution in [0.4, 0.5) is 0 Å². The van der Waals surface area contributed by atoms with Crippen molar-refractivity contribution in [1.82, 2.24) is 5.43 Å². The molecule has 4 heteroatoms. The Labute approximate surface area is 85.3 Å². The third-order valence-electron chi connectivity index (χ3n) is 1.75. The summed E-state index contributed by atoms with van der Waals surface area (Å²) in [6.07, 6.45) is 0. The molecule has 0 fully saturated rings. The van der Waals surface area contributed by atoms with Gasteiger partial charge < -0.3 is 0 Å². The van der Waals surface area contributed by atoms with Crippen LogP contribution in [0.5, 0.6) is 0 Å². The van der Waals surface area contributed by atoms with E-state index in [0.29, 0.717) is 5.92 Å². The van der Waals surface area contributed by atoms with Crippen molar-refractivity contribution in [1.29, 1.82) is 0 Å². The van der Waals surface area contributed by atoms with Crippen molar-refractivity contribution >= 4 is 27.3 Å². The highest BCUT2D eigenvalue weighted by molar-refractivity contribution is 9.11. The van der Waals surface area contributed by atoms with E-state index < -0.39 is 0 Å². The molecule has 2 nitrogen and oxygen atoms in total. The first-order chi connectivity index (χ1) is 5.65. The average Bonchev–Trinajstić information content (AvgIpc) is 2.37. The minimum absolute atomic E-state index is 0.265. The second kappa shape index (κ2) is 4.37. The lowest BCUT2D eigenvalue weighted by Crippen LogP contribution is -2.30. The molecule has 1 aromatic rings. The van der Waals surface area contributed by atoms with Gasteiger partial charge in [-0.1, -0.05) is 13.8 Å². The first kappa shape index (κ1) is 10.2. The van der Waals surface area contributed by atoms with Crippen LogP contribution in [0.2, 0.25) is 0 Å². The topological polar surface area (TPSA) is 38.0 Å². The van der Waals surface area contributed by atoms with Crippen LogP contribution in [0.25, 0.3) is 0 Å². The SMILES string of the molecule is CC(C)C(NN)c1ccc(Br)s1. The molecule has 0 amide bonds. The summed E-state index contributed by atoms with van der Waals surface area (Å²) in [5, 5.41) is 0. The standard InChI is InChI=1S/C8H13BrN2S/c1-5(2)8(11-10)6-3-4-7(9)12-6/h3-5,8,11H,10H2,1-2H3. The highest BCUT2D eigenvalue weighted by Crippen LogP contribution is 2.30. The van der Waals surface area contributed by atoms with Crippen molar-refractivity contribution in [3.8, 4) is 0 Å². The van der Waals surface area contributed by atoms with Crippen LogP contribution in [0, 0.1) is 5.92 Å². The number of nitrogens with two attached hydrogens (primary N) is 1. The fourth-order valence-electron chi connectivity index (χ4n) is 1.10. The van der Waals surface area contributed by atoms with Crippen LogP contribution < -0.4 is 11.3 Å². The molecular formula is C8H13BrN2S. The maximum Gasteiger partial charge on any atom is 0.0702 e. The third-order valence-corrected chi connectivity index (χ3v) is 3.45. The molecule has 0 radical (unpaired) electrons. The van der Waals surface area contributed by atoms with Crippen LogP contribution in [0.1, 0.15) is 24.8 Å². The summed E-state index contributed by atoms with van der Waals surface area (Å²) in [6.45, 7) is 4.30. The summed E-state index contributed by atoms with van der Waals surface area (Å²) in [7, 11) is 0. The fraction of sp³-hybridized carbons (Fsp3) is 0.500. The predicted molar refractivity (Wildman–Crippen MR) is 56.9 cm³/mol. The van der Waals surface area contributed by atoms with Crippen molar-refractivity contribution in [2.24, 2.45) is 11.8 Å². The lowest BCUT2D eigenvalue weighted by atomic mass is 10.0. The van der Waals surface area contributed by atoms with Crippen molar-refractivity contribution in [2.45, 2.75) is 19.9 Å².